The number of hydrogen-bond donors (Lipinski definition) is 1. The smallest absolute Gasteiger partial charge is 0.415 e. The molecule has 4 rings (SSSR count). The van der Waals surface area contributed by atoms with Gasteiger partial charge in [-0.2, -0.15) is 0 Å². The van der Waals surface area contributed by atoms with Crippen LogP contribution in [0.2, 0.25) is 0 Å². The lowest BCUT2D eigenvalue weighted by atomic mass is 9.83. The van der Waals surface area contributed by atoms with Gasteiger partial charge in [0.2, 0.25) is 0 Å². The van der Waals surface area contributed by atoms with E-state index in [4.69, 9.17) is 4.74 Å². The van der Waals surface area contributed by atoms with Crippen LogP contribution in [0.5, 0.6) is 0 Å². The van der Waals surface area contributed by atoms with Crippen molar-refractivity contribution in [1.82, 2.24) is 9.80 Å². The third-order valence-corrected chi connectivity index (χ3v) is 4.35. The van der Waals surface area contributed by atoms with Gasteiger partial charge in [-0.1, -0.05) is 0 Å². The largest absolute Gasteiger partial charge is 0.481 e. The molecule has 2 bridgehead atoms. The van der Waals surface area contributed by atoms with Crippen molar-refractivity contribution in [3.63, 3.8) is 0 Å². The zero-order chi connectivity index (χ0) is 16.2. The van der Waals surface area contributed by atoms with Crippen LogP contribution >= 0.6 is 0 Å². The molecule has 0 radical (unpaired) electrons. The summed E-state index contributed by atoms with van der Waals surface area (Å²) in [4.78, 5) is 39.5. The van der Waals surface area contributed by atoms with Crippen molar-refractivity contribution >= 4 is 17.8 Å². The number of Topliss-reactive ketones (excluding diaryl/α,β-unsaturated/α-hetero) is 1. The first kappa shape index (κ1) is 14.9. The lowest BCUT2D eigenvalue weighted by Gasteiger charge is -2.40. The number of fused-ring (bicyclic) bond motifs is 2. The summed E-state index contributed by atoms with van der Waals surface area (Å²) in [5, 5.41) is 9.32. The van der Waals surface area contributed by atoms with Gasteiger partial charge in [-0.3, -0.25) is 14.5 Å². The fourth-order valence-corrected chi connectivity index (χ4v) is 3.30. The number of piperidine rings is 1. The third-order valence-electron chi connectivity index (χ3n) is 4.35. The molecule has 0 saturated carbocycles. The number of carbonyl (C=O) groups is 3. The van der Waals surface area contributed by atoms with Crippen LogP contribution in [0.3, 0.4) is 0 Å². The van der Waals surface area contributed by atoms with Crippen LogP contribution in [-0.2, 0) is 14.3 Å². The van der Waals surface area contributed by atoms with Gasteiger partial charge in [0.05, 0.1) is 18.2 Å². The van der Waals surface area contributed by atoms with Crippen molar-refractivity contribution in [2.75, 3.05) is 19.6 Å². The van der Waals surface area contributed by atoms with E-state index in [0.717, 1.165) is 5.70 Å². The first-order chi connectivity index (χ1) is 10.2. The van der Waals surface area contributed by atoms with Crippen LogP contribution in [0.4, 0.5) is 4.79 Å². The highest BCUT2D eigenvalue weighted by molar-refractivity contribution is 6.04. The molecule has 0 spiro atoms. The molecule has 4 aliphatic rings. The van der Waals surface area contributed by atoms with Crippen LogP contribution in [0.25, 0.3) is 0 Å². The van der Waals surface area contributed by atoms with Crippen molar-refractivity contribution in [1.29, 1.82) is 0 Å². The summed E-state index contributed by atoms with van der Waals surface area (Å²) >= 11 is 0. The van der Waals surface area contributed by atoms with Crippen molar-refractivity contribution in [3.05, 3.63) is 11.4 Å². The number of carboxylic acids is 1. The molecule has 4 aliphatic heterocycles. The highest BCUT2D eigenvalue weighted by atomic mass is 16.6. The van der Waals surface area contributed by atoms with Gasteiger partial charge in [-0.05, 0) is 27.2 Å². The second-order valence-electron chi connectivity index (χ2n) is 7.01. The number of nitrogens with zero attached hydrogens (tertiary/aromatic N) is 2. The van der Waals surface area contributed by atoms with Gasteiger partial charge >= 0.3 is 12.1 Å². The maximum Gasteiger partial charge on any atom is 0.415 e. The van der Waals surface area contributed by atoms with E-state index in [2.05, 4.69) is 0 Å². The Labute approximate surface area is 128 Å². The second-order valence-corrected chi connectivity index (χ2v) is 7.01. The average molecular weight is 308 g/mol. The molecule has 120 valence electrons. The summed E-state index contributed by atoms with van der Waals surface area (Å²) in [6, 6.07) is 0. The van der Waals surface area contributed by atoms with Crippen molar-refractivity contribution in [3.8, 4) is 0 Å². The second kappa shape index (κ2) is 4.72. The summed E-state index contributed by atoms with van der Waals surface area (Å²) in [6.45, 7) is 6.62. The molecule has 1 N–H and O–H groups in total. The number of ketones is 1. The summed E-state index contributed by atoms with van der Waals surface area (Å²) in [7, 11) is 0. The molecule has 1 amide bonds. The molecule has 0 aromatic heterocycles. The summed E-state index contributed by atoms with van der Waals surface area (Å²) < 4.78 is 5.31. The Morgan fingerprint density at radius 1 is 1.32 bits per heavy atom. The Kier molecular flexibility index (Phi) is 3.19. The summed E-state index contributed by atoms with van der Waals surface area (Å²) in [5.41, 5.74) is 0.479. The molecule has 7 heteroatoms. The highest BCUT2D eigenvalue weighted by Crippen LogP contribution is 2.41. The Morgan fingerprint density at radius 2 is 2.00 bits per heavy atom. The fourth-order valence-electron chi connectivity index (χ4n) is 3.30. The minimum Gasteiger partial charge on any atom is -0.481 e. The van der Waals surface area contributed by atoms with E-state index < -0.39 is 29.5 Å². The van der Waals surface area contributed by atoms with E-state index in [-0.39, 0.29) is 5.78 Å². The minimum absolute atomic E-state index is 0.237. The standard InChI is InChI=1S/C15H20N2O5/c1-15(2,3)22-14(21)17-7-10-11(17)12(18)8-4-5-16(10)6-9(8)13(19)20/h8-9H,4-7H2,1-3H3,(H,19,20). The monoisotopic (exact) mass is 308 g/mol. The topological polar surface area (TPSA) is 87.2 Å². The van der Waals surface area contributed by atoms with Crippen LogP contribution in [0, 0.1) is 11.8 Å². The number of rotatable bonds is 1. The number of carbonyl (C=O) groups excluding carboxylic acids is 2. The predicted octanol–water partition coefficient (Wildman–Crippen LogP) is 1.05. The first-order valence-corrected chi connectivity index (χ1v) is 7.44. The number of amides is 1. The van der Waals surface area contributed by atoms with Crippen LogP contribution in [0.15, 0.2) is 11.4 Å². The van der Waals surface area contributed by atoms with Crippen LogP contribution < -0.4 is 0 Å². The number of aliphatic carboxylic acids is 1. The van der Waals surface area contributed by atoms with Gasteiger partial charge in [0, 0.05) is 19.0 Å². The average Bonchev–Trinajstić information content (AvgIpc) is 2.48. The molecule has 1 fully saturated rings. The molecule has 0 aliphatic carbocycles. The lowest BCUT2D eigenvalue weighted by Crippen LogP contribution is -2.49. The molecular weight excluding hydrogens is 288 g/mol. The predicted molar refractivity (Wildman–Crippen MR) is 75.8 cm³/mol. The first-order valence-electron chi connectivity index (χ1n) is 7.44. The molecule has 2 atom stereocenters. The number of carboxylic acid groups (broad SMARTS) is 1. The minimum atomic E-state index is -0.950. The van der Waals surface area contributed by atoms with Gasteiger partial charge in [0.25, 0.3) is 0 Å². The normalized spacial score (nSPS) is 27.3. The Bertz CT molecular complexity index is 589. The molecule has 4 heterocycles. The van der Waals surface area contributed by atoms with Gasteiger partial charge in [0.1, 0.15) is 11.3 Å². The molecule has 22 heavy (non-hydrogen) atoms. The lowest BCUT2D eigenvalue weighted by molar-refractivity contribution is -0.147. The maximum absolute atomic E-state index is 12.7. The van der Waals surface area contributed by atoms with Gasteiger partial charge in [-0.15, -0.1) is 0 Å². The van der Waals surface area contributed by atoms with Gasteiger partial charge in [-0.25, -0.2) is 4.79 Å². The number of allylic oxidation sites excluding steroid dienone is 1. The van der Waals surface area contributed by atoms with Crippen LogP contribution in [-0.4, -0.2) is 58.0 Å². The van der Waals surface area contributed by atoms with E-state index in [1.54, 1.807) is 20.8 Å². The van der Waals surface area contributed by atoms with Gasteiger partial charge < -0.3 is 14.7 Å². The van der Waals surface area contributed by atoms with E-state index in [0.29, 0.717) is 31.8 Å². The zero-order valence-corrected chi connectivity index (χ0v) is 13.0. The summed E-state index contributed by atoms with van der Waals surface area (Å²) in [5.74, 6) is -2.44. The van der Waals surface area contributed by atoms with E-state index >= 15 is 0 Å². The van der Waals surface area contributed by atoms with Crippen LogP contribution in [0.1, 0.15) is 27.2 Å². The number of hydrogen-bond acceptors (Lipinski definition) is 5. The highest BCUT2D eigenvalue weighted by Gasteiger charge is 2.51. The Morgan fingerprint density at radius 3 is 2.59 bits per heavy atom. The maximum atomic E-state index is 12.7. The fraction of sp³-hybridized carbons (Fsp3) is 0.667. The molecule has 0 aromatic rings. The zero-order valence-electron chi connectivity index (χ0n) is 13.0. The van der Waals surface area contributed by atoms with Gasteiger partial charge in [0.15, 0.2) is 5.78 Å². The molecule has 1 saturated heterocycles. The molecular formula is C15H20N2O5. The molecule has 0 aromatic carbocycles. The third kappa shape index (κ3) is 2.24. The van der Waals surface area contributed by atoms with E-state index in [1.165, 1.54) is 4.90 Å². The molecule has 2 unspecified atom stereocenters. The number of ether oxygens (including phenoxy) is 1. The Hall–Kier alpha value is -2.05. The Balaban J connectivity index is 1.86. The van der Waals surface area contributed by atoms with Crippen molar-refractivity contribution < 1.29 is 24.2 Å². The quantitative estimate of drug-likeness (QED) is 0.779. The van der Waals surface area contributed by atoms with Crippen molar-refractivity contribution in [2.24, 2.45) is 11.8 Å². The van der Waals surface area contributed by atoms with E-state index in [1.807, 2.05) is 4.90 Å². The SMILES string of the molecule is CC(C)(C)OC(=O)N1CC2=C1C(=O)C1CCN2CC1C(=O)O. The van der Waals surface area contributed by atoms with Crippen molar-refractivity contribution in [2.45, 2.75) is 32.8 Å². The van der Waals surface area contributed by atoms with E-state index in [9.17, 15) is 19.5 Å². The summed E-state index contributed by atoms with van der Waals surface area (Å²) in [6.07, 6.45) is -0.0284. The molecule has 7 nitrogen and oxygen atoms in total.